The minimum Gasteiger partial charge on any atom is -0.352 e. The zero-order chi connectivity index (χ0) is 11.6. The van der Waals surface area contributed by atoms with Gasteiger partial charge in [0.1, 0.15) is 0 Å². The number of nitrogens with two attached hydrogens (primary N) is 1. The number of hydrogen-bond acceptors (Lipinski definition) is 3. The fraction of sp³-hybridized carbons (Fsp3) is 0.917. The van der Waals surface area contributed by atoms with E-state index in [0.717, 1.165) is 31.4 Å². The van der Waals surface area contributed by atoms with Crippen molar-refractivity contribution in [1.82, 2.24) is 5.32 Å². The van der Waals surface area contributed by atoms with Crippen molar-refractivity contribution in [2.45, 2.75) is 57.0 Å². The van der Waals surface area contributed by atoms with E-state index in [-0.39, 0.29) is 23.4 Å². The monoisotopic (exact) mass is 242 g/mol. The van der Waals surface area contributed by atoms with Crippen molar-refractivity contribution >= 4 is 18.5 Å². The average Bonchev–Trinajstić information content (AvgIpc) is 3.02. The molecule has 2 aliphatic carbocycles. The summed E-state index contributed by atoms with van der Waals surface area (Å²) in [6.07, 6.45) is 7.43. The van der Waals surface area contributed by atoms with Crippen LogP contribution in [-0.4, -0.2) is 23.7 Å². The molecule has 0 radical (unpaired) electrons. The highest BCUT2D eigenvalue weighted by molar-refractivity contribution is 7.80. The van der Waals surface area contributed by atoms with E-state index >= 15 is 0 Å². The zero-order valence-corrected chi connectivity index (χ0v) is 10.6. The Morgan fingerprint density at radius 3 is 2.62 bits per heavy atom. The fourth-order valence-electron chi connectivity index (χ4n) is 2.50. The lowest BCUT2D eigenvalue weighted by molar-refractivity contribution is -0.123. The summed E-state index contributed by atoms with van der Waals surface area (Å²) in [5.41, 5.74) is 6.22. The van der Waals surface area contributed by atoms with Crippen LogP contribution >= 0.6 is 12.6 Å². The van der Waals surface area contributed by atoms with Gasteiger partial charge in [-0.2, -0.15) is 12.6 Å². The van der Waals surface area contributed by atoms with E-state index in [1.807, 2.05) is 0 Å². The molecule has 3 N–H and O–H groups in total. The van der Waals surface area contributed by atoms with E-state index in [1.54, 1.807) is 0 Å². The Morgan fingerprint density at radius 1 is 1.38 bits per heavy atom. The molecule has 2 unspecified atom stereocenters. The molecule has 0 bridgehead atoms. The number of rotatable bonds is 4. The fourth-order valence-corrected chi connectivity index (χ4v) is 2.93. The van der Waals surface area contributed by atoms with E-state index in [2.05, 4.69) is 17.9 Å². The number of thiol groups is 1. The van der Waals surface area contributed by atoms with Gasteiger partial charge in [0.25, 0.3) is 0 Å². The van der Waals surface area contributed by atoms with Crippen LogP contribution in [0.4, 0.5) is 0 Å². The average molecular weight is 242 g/mol. The van der Waals surface area contributed by atoms with Crippen LogP contribution in [0.1, 0.15) is 44.9 Å². The van der Waals surface area contributed by atoms with Gasteiger partial charge in [0.05, 0.1) is 0 Å². The second-order valence-corrected chi connectivity index (χ2v) is 5.77. The molecule has 16 heavy (non-hydrogen) atoms. The molecule has 0 spiro atoms. The van der Waals surface area contributed by atoms with Crippen LogP contribution in [0.3, 0.4) is 0 Å². The largest absolute Gasteiger partial charge is 0.352 e. The smallest absolute Gasteiger partial charge is 0.220 e. The molecule has 0 aromatic carbocycles. The summed E-state index contributed by atoms with van der Waals surface area (Å²) >= 11 is 4.32. The summed E-state index contributed by atoms with van der Waals surface area (Å²) < 4.78 is 0. The molecule has 0 aromatic heterocycles. The minimum atomic E-state index is 0.156. The van der Waals surface area contributed by atoms with Crippen molar-refractivity contribution in [3.05, 3.63) is 0 Å². The number of carbonyl (C=O) groups excluding carboxylic acids is 1. The minimum absolute atomic E-state index is 0.156. The second kappa shape index (κ2) is 4.96. The summed E-state index contributed by atoms with van der Waals surface area (Å²) in [4.78, 5) is 11.9. The SMILES string of the molecule is NC1CCCCC1NC(=O)CC1(CS)CC1. The van der Waals surface area contributed by atoms with Gasteiger partial charge in [-0.05, 0) is 36.9 Å². The maximum Gasteiger partial charge on any atom is 0.220 e. The third kappa shape index (κ3) is 2.92. The highest BCUT2D eigenvalue weighted by Crippen LogP contribution is 2.49. The summed E-state index contributed by atoms with van der Waals surface area (Å²) in [6.45, 7) is 0. The third-order valence-electron chi connectivity index (χ3n) is 3.99. The number of hydrogen-bond donors (Lipinski definition) is 3. The van der Waals surface area contributed by atoms with Crippen molar-refractivity contribution < 1.29 is 4.79 Å². The molecular formula is C12H22N2OS. The molecule has 4 heteroatoms. The lowest BCUT2D eigenvalue weighted by atomic mass is 9.90. The highest BCUT2D eigenvalue weighted by Gasteiger charge is 2.43. The van der Waals surface area contributed by atoms with Gasteiger partial charge in [-0.3, -0.25) is 4.79 Å². The van der Waals surface area contributed by atoms with Gasteiger partial charge >= 0.3 is 0 Å². The Kier molecular flexibility index (Phi) is 3.80. The van der Waals surface area contributed by atoms with Gasteiger partial charge in [-0.25, -0.2) is 0 Å². The molecule has 2 atom stereocenters. The maximum absolute atomic E-state index is 11.9. The van der Waals surface area contributed by atoms with Crippen molar-refractivity contribution in [2.24, 2.45) is 11.1 Å². The van der Waals surface area contributed by atoms with Crippen LogP contribution in [-0.2, 0) is 4.79 Å². The first-order valence-electron chi connectivity index (χ1n) is 6.31. The van der Waals surface area contributed by atoms with Crippen molar-refractivity contribution in [3.8, 4) is 0 Å². The molecule has 0 heterocycles. The molecule has 1 amide bonds. The van der Waals surface area contributed by atoms with Gasteiger partial charge in [0, 0.05) is 18.5 Å². The number of amides is 1. The number of carbonyl (C=O) groups is 1. The van der Waals surface area contributed by atoms with Crippen LogP contribution in [0.2, 0.25) is 0 Å². The third-order valence-corrected chi connectivity index (χ3v) is 4.66. The Morgan fingerprint density at radius 2 is 2.06 bits per heavy atom. The Balaban J connectivity index is 1.78. The van der Waals surface area contributed by atoms with Gasteiger partial charge < -0.3 is 11.1 Å². The van der Waals surface area contributed by atoms with E-state index < -0.39 is 0 Å². The highest BCUT2D eigenvalue weighted by atomic mass is 32.1. The van der Waals surface area contributed by atoms with Crippen molar-refractivity contribution in [2.75, 3.05) is 5.75 Å². The van der Waals surface area contributed by atoms with Crippen LogP contribution in [0.25, 0.3) is 0 Å². The van der Waals surface area contributed by atoms with Crippen molar-refractivity contribution in [1.29, 1.82) is 0 Å². The Hall–Kier alpha value is -0.220. The topological polar surface area (TPSA) is 55.1 Å². The number of nitrogens with one attached hydrogen (secondary N) is 1. The molecule has 0 aliphatic heterocycles. The molecule has 2 aliphatic rings. The summed E-state index contributed by atoms with van der Waals surface area (Å²) in [5.74, 6) is 1.01. The van der Waals surface area contributed by atoms with Crippen LogP contribution in [0, 0.1) is 5.41 Å². The predicted molar refractivity (Wildman–Crippen MR) is 68.5 cm³/mol. The normalized spacial score (nSPS) is 32.1. The summed E-state index contributed by atoms with van der Waals surface area (Å²) in [6, 6.07) is 0.362. The lowest BCUT2D eigenvalue weighted by Crippen LogP contribution is -2.49. The molecular weight excluding hydrogens is 220 g/mol. The quantitative estimate of drug-likeness (QED) is 0.654. The second-order valence-electron chi connectivity index (χ2n) is 5.46. The first kappa shape index (κ1) is 12.2. The predicted octanol–water partition coefficient (Wildman–Crippen LogP) is 1.47. The van der Waals surface area contributed by atoms with Crippen LogP contribution < -0.4 is 11.1 Å². The Labute approximate surface area is 103 Å². The molecule has 0 saturated heterocycles. The van der Waals surface area contributed by atoms with Crippen LogP contribution in [0.5, 0.6) is 0 Å². The first-order valence-corrected chi connectivity index (χ1v) is 6.94. The first-order chi connectivity index (χ1) is 7.65. The van der Waals surface area contributed by atoms with Gasteiger partial charge in [-0.15, -0.1) is 0 Å². The van der Waals surface area contributed by atoms with Crippen molar-refractivity contribution in [3.63, 3.8) is 0 Å². The summed E-state index contributed by atoms with van der Waals surface area (Å²) in [5, 5.41) is 3.10. The molecule has 2 fully saturated rings. The molecule has 0 aromatic rings. The standard InChI is InChI=1S/C12H22N2OS/c13-9-3-1-2-4-10(9)14-11(15)7-12(8-16)5-6-12/h9-10,16H,1-8,13H2,(H,14,15). The maximum atomic E-state index is 11.9. The molecule has 92 valence electrons. The van der Waals surface area contributed by atoms with Gasteiger partial charge in [0.15, 0.2) is 0 Å². The van der Waals surface area contributed by atoms with E-state index in [0.29, 0.717) is 6.42 Å². The van der Waals surface area contributed by atoms with Gasteiger partial charge in [0.2, 0.25) is 5.91 Å². The Bertz CT molecular complexity index is 266. The van der Waals surface area contributed by atoms with Crippen LogP contribution in [0.15, 0.2) is 0 Å². The zero-order valence-electron chi connectivity index (χ0n) is 9.74. The van der Waals surface area contributed by atoms with E-state index in [1.165, 1.54) is 12.8 Å². The molecule has 2 rings (SSSR count). The van der Waals surface area contributed by atoms with E-state index in [4.69, 9.17) is 5.73 Å². The molecule has 2 saturated carbocycles. The molecule has 3 nitrogen and oxygen atoms in total. The van der Waals surface area contributed by atoms with Gasteiger partial charge in [-0.1, -0.05) is 12.8 Å². The summed E-state index contributed by atoms with van der Waals surface area (Å²) in [7, 11) is 0. The lowest BCUT2D eigenvalue weighted by Gasteiger charge is -2.29. The van der Waals surface area contributed by atoms with E-state index in [9.17, 15) is 4.79 Å².